The lowest BCUT2D eigenvalue weighted by atomic mass is 9.82. The first-order chi connectivity index (χ1) is 14.5. The SMILES string of the molecule is Cc1ccc(Nc2ccc(NCCC(=O)O)c3c2C(=O)c2ccccc2C3=O)cc1. The van der Waals surface area contributed by atoms with Crippen molar-refractivity contribution in [2.75, 3.05) is 17.2 Å². The van der Waals surface area contributed by atoms with Gasteiger partial charge in [-0.1, -0.05) is 42.0 Å². The van der Waals surface area contributed by atoms with Crippen molar-refractivity contribution in [3.05, 3.63) is 88.5 Å². The Balaban J connectivity index is 1.81. The lowest BCUT2D eigenvalue weighted by Gasteiger charge is -2.24. The minimum absolute atomic E-state index is 0.100. The maximum atomic E-state index is 13.3. The first kappa shape index (κ1) is 19.4. The lowest BCUT2D eigenvalue weighted by molar-refractivity contribution is -0.136. The molecule has 0 spiro atoms. The van der Waals surface area contributed by atoms with Gasteiger partial charge in [-0.15, -0.1) is 0 Å². The van der Waals surface area contributed by atoms with Crippen molar-refractivity contribution in [3.63, 3.8) is 0 Å². The molecule has 3 aromatic carbocycles. The van der Waals surface area contributed by atoms with Gasteiger partial charge in [-0.3, -0.25) is 14.4 Å². The Bertz CT molecular complexity index is 1170. The van der Waals surface area contributed by atoms with Crippen LogP contribution < -0.4 is 10.6 Å². The molecule has 4 rings (SSSR count). The average Bonchev–Trinajstić information content (AvgIpc) is 2.74. The van der Waals surface area contributed by atoms with E-state index in [0.717, 1.165) is 11.3 Å². The molecule has 1 aliphatic rings. The molecule has 3 N–H and O–H groups in total. The van der Waals surface area contributed by atoms with E-state index in [1.807, 2.05) is 31.2 Å². The number of benzene rings is 3. The predicted molar refractivity (Wildman–Crippen MR) is 115 cm³/mol. The summed E-state index contributed by atoms with van der Waals surface area (Å²) in [4.78, 5) is 37.5. The van der Waals surface area contributed by atoms with Crippen LogP contribution in [0.1, 0.15) is 43.8 Å². The Kier molecular flexibility index (Phi) is 5.06. The van der Waals surface area contributed by atoms with Crippen LogP contribution in [0.3, 0.4) is 0 Å². The molecule has 0 saturated carbocycles. The van der Waals surface area contributed by atoms with E-state index < -0.39 is 5.97 Å². The van der Waals surface area contributed by atoms with E-state index in [1.165, 1.54) is 0 Å². The van der Waals surface area contributed by atoms with Gasteiger partial charge in [0.05, 0.1) is 23.2 Å². The van der Waals surface area contributed by atoms with Gasteiger partial charge < -0.3 is 15.7 Å². The van der Waals surface area contributed by atoms with Crippen LogP contribution in [-0.4, -0.2) is 29.2 Å². The first-order valence-corrected chi connectivity index (χ1v) is 9.60. The van der Waals surface area contributed by atoms with Gasteiger partial charge in [0.15, 0.2) is 11.6 Å². The number of carbonyl (C=O) groups is 3. The van der Waals surface area contributed by atoms with E-state index in [-0.39, 0.29) is 30.1 Å². The third-order valence-corrected chi connectivity index (χ3v) is 5.06. The van der Waals surface area contributed by atoms with Gasteiger partial charge >= 0.3 is 5.97 Å². The number of fused-ring (bicyclic) bond motifs is 2. The number of carbonyl (C=O) groups excluding carboxylic acids is 2. The van der Waals surface area contributed by atoms with Gasteiger partial charge in [0.1, 0.15) is 0 Å². The normalized spacial score (nSPS) is 12.2. The quantitative estimate of drug-likeness (QED) is 0.444. The Morgan fingerprint density at radius 1 is 0.833 bits per heavy atom. The van der Waals surface area contributed by atoms with E-state index in [1.54, 1.807) is 36.4 Å². The number of hydrogen-bond acceptors (Lipinski definition) is 5. The van der Waals surface area contributed by atoms with Crippen LogP contribution >= 0.6 is 0 Å². The van der Waals surface area contributed by atoms with Crippen LogP contribution in [0.4, 0.5) is 17.1 Å². The topological polar surface area (TPSA) is 95.5 Å². The minimum Gasteiger partial charge on any atom is -0.481 e. The van der Waals surface area contributed by atoms with Gasteiger partial charge in [0.2, 0.25) is 0 Å². The standard InChI is InChI=1S/C24H20N2O4/c1-14-6-8-15(9-7-14)26-19-11-10-18(25-13-12-20(27)28)21-22(19)24(30)17-5-3-2-4-16(17)23(21)29/h2-11,25-26H,12-13H2,1H3,(H,27,28). The molecule has 0 radical (unpaired) electrons. The summed E-state index contributed by atoms with van der Waals surface area (Å²) in [6.07, 6.45) is -0.100. The fourth-order valence-electron chi connectivity index (χ4n) is 3.57. The zero-order valence-corrected chi connectivity index (χ0v) is 16.4. The number of hydrogen-bond donors (Lipinski definition) is 3. The molecular weight excluding hydrogens is 380 g/mol. The molecule has 0 aromatic heterocycles. The number of aliphatic carboxylic acids is 1. The summed E-state index contributed by atoms with van der Waals surface area (Å²) in [7, 11) is 0. The molecule has 0 unspecified atom stereocenters. The molecule has 0 saturated heterocycles. The summed E-state index contributed by atoms with van der Waals surface area (Å²) in [5, 5.41) is 15.2. The van der Waals surface area contributed by atoms with Gasteiger partial charge in [-0.05, 0) is 31.2 Å². The molecule has 0 atom stereocenters. The van der Waals surface area contributed by atoms with Crippen molar-refractivity contribution in [2.45, 2.75) is 13.3 Å². The fraction of sp³-hybridized carbons (Fsp3) is 0.125. The molecule has 0 amide bonds. The second kappa shape index (κ2) is 7.83. The van der Waals surface area contributed by atoms with Gasteiger partial charge in [-0.25, -0.2) is 0 Å². The zero-order chi connectivity index (χ0) is 21.3. The van der Waals surface area contributed by atoms with Crippen LogP contribution in [0.25, 0.3) is 0 Å². The van der Waals surface area contributed by atoms with E-state index in [0.29, 0.717) is 28.1 Å². The third-order valence-electron chi connectivity index (χ3n) is 5.06. The third kappa shape index (κ3) is 3.55. The Morgan fingerprint density at radius 2 is 1.40 bits per heavy atom. The highest BCUT2D eigenvalue weighted by Gasteiger charge is 2.33. The fourth-order valence-corrected chi connectivity index (χ4v) is 3.57. The summed E-state index contributed by atoms with van der Waals surface area (Å²) >= 11 is 0. The number of rotatable bonds is 6. The van der Waals surface area contributed by atoms with Crippen LogP contribution in [0.5, 0.6) is 0 Å². The van der Waals surface area contributed by atoms with E-state index in [9.17, 15) is 14.4 Å². The number of carboxylic acids is 1. The van der Waals surface area contributed by atoms with Crippen molar-refractivity contribution < 1.29 is 19.5 Å². The molecule has 0 bridgehead atoms. The molecule has 1 aliphatic carbocycles. The number of ketones is 2. The summed E-state index contributed by atoms with van der Waals surface area (Å²) in [5.74, 6) is -1.44. The predicted octanol–water partition coefficient (Wildman–Crippen LogP) is 4.40. The Labute approximate surface area is 173 Å². The van der Waals surface area contributed by atoms with Crippen LogP contribution in [0.2, 0.25) is 0 Å². The number of nitrogens with one attached hydrogen (secondary N) is 2. The molecule has 0 fully saturated rings. The van der Waals surface area contributed by atoms with Gasteiger partial charge in [-0.2, -0.15) is 0 Å². The monoisotopic (exact) mass is 400 g/mol. The smallest absolute Gasteiger partial charge is 0.305 e. The first-order valence-electron chi connectivity index (χ1n) is 9.60. The summed E-state index contributed by atoms with van der Waals surface area (Å²) < 4.78 is 0. The van der Waals surface area contributed by atoms with Crippen molar-refractivity contribution in [3.8, 4) is 0 Å². The highest BCUT2D eigenvalue weighted by Crippen LogP contribution is 2.37. The summed E-state index contributed by atoms with van der Waals surface area (Å²) in [5.41, 5.74) is 4.17. The molecule has 0 aliphatic heterocycles. The minimum atomic E-state index is -0.943. The maximum Gasteiger partial charge on any atom is 0.305 e. The van der Waals surface area contributed by atoms with Crippen molar-refractivity contribution >= 4 is 34.6 Å². The number of carboxylic acid groups (broad SMARTS) is 1. The van der Waals surface area contributed by atoms with Crippen LogP contribution in [-0.2, 0) is 4.79 Å². The maximum absolute atomic E-state index is 13.3. The molecule has 6 nitrogen and oxygen atoms in total. The lowest BCUT2D eigenvalue weighted by Crippen LogP contribution is -2.24. The highest BCUT2D eigenvalue weighted by atomic mass is 16.4. The van der Waals surface area contributed by atoms with E-state index in [4.69, 9.17) is 5.11 Å². The van der Waals surface area contributed by atoms with Crippen LogP contribution in [0, 0.1) is 6.92 Å². The molecule has 30 heavy (non-hydrogen) atoms. The van der Waals surface area contributed by atoms with Gasteiger partial charge in [0.25, 0.3) is 0 Å². The molecule has 6 heteroatoms. The zero-order valence-electron chi connectivity index (χ0n) is 16.4. The average molecular weight is 400 g/mol. The van der Waals surface area contributed by atoms with Crippen molar-refractivity contribution in [2.24, 2.45) is 0 Å². The Morgan fingerprint density at radius 3 is 2.00 bits per heavy atom. The largest absolute Gasteiger partial charge is 0.481 e. The second-order valence-electron chi connectivity index (χ2n) is 7.18. The van der Waals surface area contributed by atoms with Gasteiger partial charge in [0, 0.05) is 29.0 Å². The number of anilines is 3. The molecule has 3 aromatic rings. The molecule has 150 valence electrons. The molecule has 0 heterocycles. The number of aryl methyl sites for hydroxylation is 1. The van der Waals surface area contributed by atoms with Crippen molar-refractivity contribution in [1.82, 2.24) is 0 Å². The molecular formula is C24H20N2O4. The summed E-state index contributed by atoms with van der Waals surface area (Å²) in [6, 6.07) is 17.9. The Hall–Kier alpha value is -3.93. The van der Waals surface area contributed by atoms with E-state index >= 15 is 0 Å². The summed E-state index contributed by atoms with van der Waals surface area (Å²) in [6.45, 7) is 2.14. The van der Waals surface area contributed by atoms with Crippen LogP contribution in [0.15, 0.2) is 60.7 Å². The van der Waals surface area contributed by atoms with Crippen molar-refractivity contribution in [1.29, 1.82) is 0 Å². The second-order valence-corrected chi connectivity index (χ2v) is 7.18. The van der Waals surface area contributed by atoms with E-state index in [2.05, 4.69) is 10.6 Å². The highest BCUT2D eigenvalue weighted by molar-refractivity contribution is 6.32.